The monoisotopic (exact) mass is 477 g/mol. The molecule has 0 fully saturated rings. The Balaban J connectivity index is 1.63. The average molecular weight is 478 g/mol. The van der Waals surface area contributed by atoms with Crippen molar-refractivity contribution >= 4 is 11.9 Å². The van der Waals surface area contributed by atoms with E-state index in [0.717, 1.165) is 11.1 Å². The second-order valence-electron chi connectivity index (χ2n) is 7.91. The van der Waals surface area contributed by atoms with Crippen LogP contribution in [-0.2, 0) is 33.7 Å². The van der Waals surface area contributed by atoms with Crippen molar-refractivity contribution in [3.05, 3.63) is 89.5 Å². The van der Waals surface area contributed by atoms with E-state index in [-0.39, 0.29) is 18.9 Å². The van der Waals surface area contributed by atoms with Gasteiger partial charge in [-0.1, -0.05) is 60.7 Å². The number of hydrogen-bond donors (Lipinski definition) is 0. The van der Waals surface area contributed by atoms with E-state index in [1.165, 1.54) is 21.3 Å². The lowest BCUT2D eigenvalue weighted by Crippen LogP contribution is -2.36. The summed E-state index contributed by atoms with van der Waals surface area (Å²) in [5.74, 6) is 0.567. The number of amides is 1. The molecule has 0 heterocycles. The first-order chi connectivity index (χ1) is 17.0. The zero-order valence-corrected chi connectivity index (χ0v) is 20.4. The smallest absolute Gasteiger partial charge is 0.310 e. The van der Waals surface area contributed by atoms with E-state index in [4.69, 9.17) is 18.9 Å². The fraction of sp³-hybridized carbons (Fsp3) is 0.286. The number of methoxy groups -OCH3 is 3. The molecule has 0 aromatic heterocycles. The lowest BCUT2D eigenvalue weighted by Gasteiger charge is -2.23. The molecule has 0 atom stereocenters. The lowest BCUT2D eigenvalue weighted by molar-refractivity contribution is -0.151. The molecule has 0 aliphatic carbocycles. The molecule has 7 nitrogen and oxygen atoms in total. The van der Waals surface area contributed by atoms with Gasteiger partial charge < -0.3 is 23.8 Å². The number of nitrogens with zero attached hydrogens (tertiary/aromatic N) is 1. The Hall–Kier alpha value is -4.00. The van der Waals surface area contributed by atoms with Crippen LogP contribution in [-0.4, -0.2) is 51.3 Å². The summed E-state index contributed by atoms with van der Waals surface area (Å²) in [6.07, 6.45) is 0.672. The summed E-state index contributed by atoms with van der Waals surface area (Å²) >= 11 is 0. The quantitative estimate of drug-likeness (QED) is 0.366. The van der Waals surface area contributed by atoms with Crippen molar-refractivity contribution in [1.82, 2.24) is 4.90 Å². The van der Waals surface area contributed by atoms with E-state index in [0.29, 0.717) is 42.3 Å². The number of benzene rings is 3. The molecule has 0 bridgehead atoms. The molecule has 184 valence electrons. The molecule has 7 heteroatoms. The van der Waals surface area contributed by atoms with Gasteiger partial charge in [0.15, 0.2) is 18.1 Å². The van der Waals surface area contributed by atoms with Crippen LogP contribution < -0.4 is 14.2 Å². The van der Waals surface area contributed by atoms with Crippen LogP contribution in [0.3, 0.4) is 0 Å². The molecule has 0 saturated carbocycles. The standard InChI is InChI=1S/C28H31NO6/c1-32-24-16-23(17-25(33-2)28(24)34-3)18-27(31)35-20-26(30)29(19-22-12-8-5-9-13-22)15-14-21-10-6-4-7-11-21/h4-13,16-17H,14-15,18-20H2,1-3H3. The van der Waals surface area contributed by atoms with Gasteiger partial charge in [0.1, 0.15) is 0 Å². The van der Waals surface area contributed by atoms with Gasteiger partial charge in [-0.3, -0.25) is 9.59 Å². The summed E-state index contributed by atoms with van der Waals surface area (Å²) in [6, 6.07) is 23.1. The third-order valence-corrected chi connectivity index (χ3v) is 5.51. The molecule has 3 rings (SSSR count). The summed E-state index contributed by atoms with van der Waals surface area (Å²) in [4.78, 5) is 27.2. The summed E-state index contributed by atoms with van der Waals surface area (Å²) < 4.78 is 21.3. The van der Waals surface area contributed by atoms with Gasteiger partial charge in [0.25, 0.3) is 5.91 Å². The Morgan fingerprint density at radius 1 is 0.743 bits per heavy atom. The minimum atomic E-state index is -0.518. The molecule has 3 aromatic carbocycles. The van der Waals surface area contributed by atoms with Crippen LogP contribution in [0, 0.1) is 0 Å². The number of carbonyl (C=O) groups excluding carboxylic acids is 2. The summed E-state index contributed by atoms with van der Waals surface area (Å²) in [5, 5.41) is 0. The van der Waals surface area contributed by atoms with Gasteiger partial charge in [-0.25, -0.2) is 0 Å². The summed E-state index contributed by atoms with van der Waals surface area (Å²) in [7, 11) is 4.53. The minimum Gasteiger partial charge on any atom is -0.493 e. The largest absolute Gasteiger partial charge is 0.493 e. The van der Waals surface area contributed by atoms with Crippen molar-refractivity contribution in [2.45, 2.75) is 19.4 Å². The van der Waals surface area contributed by atoms with E-state index in [9.17, 15) is 9.59 Å². The number of carbonyl (C=O) groups is 2. The molecular weight excluding hydrogens is 446 g/mol. The van der Waals surface area contributed by atoms with Crippen molar-refractivity contribution in [2.24, 2.45) is 0 Å². The van der Waals surface area contributed by atoms with Crippen molar-refractivity contribution in [2.75, 3.05) is 34.5 Å². The molecular formula is C28H31NO6. The maximum absolute atomic E-state index is 13.0. The van der Waals surface area contributed by atoms with Crippen LogP contribution in [0.4, 0.5) is 0 Å². The van der Waals surface area contributed by atoms with E-state index in [1.54, 1.807) is 17.0 Å². The van der Waals surface area contributed by atoms with Crippen LogP contribution in [0.15, 0.2) is 72.8 Å². The fourth-order valence-electron chi connectivity index (χ4n) is 3.69. The maximum atomic E-state index is 13.0. The van der Waals surface area contributed by atoms with Crippen LogP contribution in [0.1, 0.15) is 16.7 Å². The molecule has 0 unspecified atom stereocenters. The van der Waals surface area contributed by atoms with Gasteiger partial charge in [0.2, 0.25) is 5.75 Å². The maximum Gasteiger partial charge on any atom is 0.310 e. The Labute approximate surface area is 206 Å². The van der Waals surface area contributed by atoms with Crippen molar-refractivity contribution in [1.29, 1.82) is 0 Å². The second kappa shape index (κ2) is 13.0. The predicted molar refractivity (Wildman–Crippen MR) is 133 cm³/mol. The van der Waals surface area contributed by atoms with Gasteiger partial charge in [-0.05, 0) is 35.2 Å². The van der Waals surface area contributed by atoms with Gasteiger partial charge in [0.05, 0.1) is 27.8 Å². The first-order valence-corrected chi connectivity index (χ1v) is 11.3. The zero-order valence-electron chi connectivity index (χ0n) is 20.4. The topological polar surface area (TPSA) is 74.3 Å². The Morgan fingerprint density at radius 3 is 1.86 bits per heavy atom. The molecule has 0 radical (unpaired) electrons. The third-order valence-electron chi connectivity index (χ3n) is 5.51. The zero-order chi connectivity index (χ0) is 25.0. The van der Waals surface area contributed by atoms with E-state index in [2.05, 4.69) is 0 Å². The highest BCUT2D eigenvalue weighted by atomic mass is 16.5. The molecule has 0 N–H and O–H groups in total. The van der Waals surface area contributed by atoms with E-state index < -0.39 is 5.97 Å². The molecule has 0 spiro atoms. The molecule has 35 heavy (non-hydrogen) atoms. The SMILES string of the molecule is COc1cc(CC(=O)OCC(=O)N(CCc2ccccc2)Cc2ccccc2)cc(OC)c1OC. The van der Waals surface area contributed by atoms with Crippen molar-refractivity contribution < 1.29 is 28.5 Å². The highest BCUT2D eigenvalue weighted by Gasteiger charge is 2.19. The van der Waals surface area contributed by atoms with Gasteiger partial charge >= 0.3 is 5.97 Å². The first kappa shape index (κ1) is 25.6. The lowest BCUT2D eigenvalue weighted by atomic mass is 10.1. The average Bonchev–Trinajstić information content (AvgIpc) is 2.90. The number of rotatable bonds is 12. The highest BCUT2D eigenvalue weighted by Crippen LogP contribution is 2.38. The Kier molecular flexibility index (Phi) is 9.54. The molecule has 0 aliphatic heterocycles. The van der Waals surface area contributed by atoms with Crippen LogP contribution in [0.25, 0.3) is 0 Å². The predicted octanol–water partition coefficient (Wildman–Crippen LogP) is 4.07. The number of esters is 1. The fourth-order valence-corrected chi connectivity index (χ4v) is 3.69. The Morgan fingerprint density at radius 2 is 1.31 bits per heavy atom. The molecule has 0 aliphatic rings. The molecule has 1 amide bonds. The second-order valence-corrected chi connectivity index (χ2v) is 7.91. The summed E-state index contributed by atoms with van der Waals surface area (Å²) in [6.45, 7) is 0.629. The summed E-state index contributed by atoms with van der Waals surface area (Å²) in [5.41, 5.74) is 2.78. The van der Waals surface area contributed by atoms with Gasteiger partial charge in [0, 0.05) is 13.1 Å². The highest BCUT2D eigenvalue weighted by molar-refractivity contribution is 5.81. The minimum absolute atomic E-state index is 0.0350. The van der Waals surface area contributed by atoms with Crippen LogP contribution in [0.2, 0.25) is 0 Å². The molecule has 0 saturated heterocycles. The van der Waals surface area contributed by atoms with E-state index >= 15 is 0 Å². The third kappa shape index (κ3) is 7.50. The molecule has 3 aromatic rings. The Bertz CT molecular complexity index is 1080. The van der Waals surface area contributed by atoms with Gasteiger partial charge in [-0.2, -0.15) is 0 Å². The van der Waals surface area contributed by atoms with E-state index in [1.807, 2.05) is 60.7 Å². The normalized spacial score (nSPS) is 10.4. The number of ether oxygens (including phenoxy) is 4. The van der Waals surface area contributed by atoms with Crippen LogP contribution in [0.5, 0.6) is 17.2 Å². The van der Waals surface area contributed by atoms with Crippen molar-refractivity contribution in [3.63, 3.8) is 0 Å². The van der Waals surface area contributed by atoms with Crippen LogP contribution >= 0.6 is 0 Å². The van der Waals surface area contributed by atoms with Gasteiger partial charge in [-0.15, -0.1) is 0 Å². The first-order valence-electron chi connectivity index (χ1n) is 11.3. The number of hydrogen-bond acceptors (Lipinski definition) is 6. The van der Waals surface area contributed by atoms with Crippen molar-refractivity contribution in [3.8, 4) is 17.2 Å².